The van der Waals surface area contributed by atoms with E-state index in [1.165, 1.54) is 18.3 Å². The minimum Gasteiger partial charge on any atom is -0.481 e. The van der Waals surface area contributed by atoms with Gasteiger partial charge in [0.15, 0.2) is 0 Å². The smallest absolute Gasteiger partial charge is 0.327 e. The van der Waals surface area contributed by atoms with Crippen molar-refractivity contribution in [1.82, 2.24) is 24.7 Å². The number of carbonyl (C=O) groups is 2. The van der Waals surface area contributed by atoms with Crippen molar-refractivity contribution in [3.63, 3.8) is 0 Å². The summed E-state index contributed by atoms with van der Waals surface area (Å²) < 4.78 is 5.14. The Morgan fingerprint density at radius 2 is 1.83 bits per heavy atom. The van der Waals surface area contributed by atoms with E-state index in [-0.39, 0.29) is 18.1 Å². The molecule has 9 nitrogen and oxygen atoms in total. The third-order valence-corrected chi connectivity index (χ3v) is 4.66. The van der Waals surface area contributed by atoms with E-state index < -0.39 is 0 Å². The van der Waals surface area contributed by atoms with Crippen LogP contribution in [-0.4, -0.2) is 90.2 Å². The lowest BCUT2D eigenvalue weighted by molar-refractivity contribution is -0.134. The maximum Gasteiger partial charge on any atom is 0.327 e. The Morgan fingerprint density at radius 3 is 2.50 bits per heavy atom. The van der Waals surface area contributed by atoms with E-state index in [1.807, 2.05) is 6.07 Å². The number of carbonyl (C=O) groups excluding carboxylic acids is 2. The molecule has 1 atom stereocenters. The zero-order valence-corrected chi connectivity index (χ0v) is 14.2. The predicted molar refractivity (Wildman–Crippen MR) is 86.7 cm³/mol. The van der Waals surface area contributed by atoms with Gasteiger partial charge in [0.25, 0.3) is 0 Å². The van der Waals surface area contributed by atoms with Crippen LogP contribution in [-0.2, 0) is 4.79 Å². The van der Waals surface area contributed by atoms with Crippen molar-refractivity contribution in [2.45, 2.75) is 12.6 Å². The van der Waals surface area contributed by atoms with Crippen molar-refractivity contribution in [1.29, 1.82) is 0 Å². The molecule has 9 heteroatoms. The van der Waals surface area contributed by atoms with Gasteiger partial charge in [-0.15, -0.1) is 0 Å². The highest BCUT2D eigenvalue weighted by Gasteiger charge is 2.38. The highest BCUT2D eigenvalue weighted by molar-refractivity contribution is 5.96. The zero-order chi connectivity index (χ0) is 17.3. The number of imide groups is 1. The van der Waals surface area contributed by atoms with Gasteiger partial charge < -0.3 is 14.5 Å². The second-order valence-electron chi connectivity index (χ2n) is 5.97. The zero-order valence-electron chi connectivity index (χ0n) is 14.2. The van der Waals surface area contributed by atoms with Crippen LogP contribution in [0.15, 0.2) is 12.4 Å². The molecule has 24 heavy (non-hydrogen) atoms. The van der Waals surface area contributed by atoms with Gasteiger partial charge >= 0.3 is 6.03 Å². The van der Waals surface area contributed by atoms with Crippen molar-refractivity contribution < 1.29 is 14.3 Å². The van der Waals surface area contributed by atoms with Gasteiger partial charge in [0, 0.05) is 46.3 Å². The maximum absolute atomic E-state index is 12.1. The van der Waals surface area contributed by atoms with Crippen LogP contribution in [0.1, 0.15) is 6.42 Å². The number of piperazine rings is 1. The van der Waals surface area contributed by atoms with Gasteiger partial charge in [-0.25, -0.2) is 14.8 Å². The minimum atomic E-state index is -0.251. The molecule has 0 aromatic carbocycles. The highest BCUT2D eigenvalue weighted by Crippen LogP contribution is 2.22. The number of urea groups is 1. The number of ether oxygens (including phenoxy) is 1. The molecule has 3 rings (SSSR count). The van der Waals surface area contributed by atoms with E-state index in [0.29, 0.717) is 12.3 Å². The SMILES string of the molecule is COc1cc(N2CCN(C3CC(=O)N(C)C(=O)N3C)CC2)ncn1. The third kappa shape index (κ3) is 2.99. The quantitative estimate of drug-likeness (QED) is 0.760. The molecule has 1 unspecified atom stereocenters. The van der Waals surface area contributed by atoms with E-state index in [2.05, 4.69) is 19.8 Å². The van der Waals surface area contributed by atoms with Gasteiger partial charge in [0.05, 0.1) is 19.7 Å². The first kappa shape index (κ1) is 16.4. The van der Waals surface area contributed by atoms with Gasteiger partial charge in [-0.1, -0.05) is 0 Å². The lowest BCUT2D eigenvalue weighted by Crippen LogP contribution is -2.62. The molecule has 1 aromatic rings. The summed E-state index contributed by atoms with van der Waals surface area (Å²) in [7, 11) is 4.85. The number of anilines is 1. The van der Waals surface area contributed by atoms with E-state index in [1.54, 1.807) is 19.1 Å². The summed E-state index contributed by atoms with van der Waals surface area (Å²) >= 11 is 0. The van der Waals surface area contributed by atoms with Gasteiger partial charge in [0.1, 0.15) is 12.1 Å². The Kier molecular flexibility index (Phi) is 4.52. The monoisotopic (exact) mass is 334 g/mol. The number of aromatic nitrogens is 2. The van der Waals surface area contributed by atoms with Gasteiger partial charge in [-0.3, -0.25) is 14.6 Å². The molecule has 0 N–H and O–H groups in total. The Morgan fingerprint density at radius 1 is 1.12 bits per heavy atom. The lowest BCUT2D eigenvalue weighted by atomic mass is 10.1. The highest BCUT2D eigenvalue weighted by atomic mass is 16.5. The Hall–Kier alpha value is -2.42. The van der Waals surface area contributed by atoms with E-state index >= 15 is 0 Å². The molecule has 0 saturated carbocycles. The molecule has 3 heterocycles. The molecule has 2 aliphatic rings. The summed E-state index contributed by atoms with van der Waals surface area (Å²) in [4.78, 5) is 39.5. The Bertz CT molecular complexity index is 631. The summed E-state index contributed by atoms with van der Waals surface area (Å²) in [6.07, 6.45) is 1.64. The average molecular weight is 334 g/mol. The molecule has 2 aliphatic heterocycles. The van der Waals surface area contributed by atoms with Gasteiger partial charge in [-0.05, 0) is 0 Å². The molecular formula is C15H22N6O3. The number of hydrogen-bond donors (Lipinski definition) is 0. The van der Waals surface area contributed by atoms with Crippen molar-refractivity contribution in [3.8, 4) is 5.88 Å². The van der Waals surface area contributed by atoms with Crippen molar-refractivity contribution in [2.24, 2.45) is 0 Å². The lowest BCUT2D eigenvalue weighted by Gasteiger charge is -2.45. The number of amides is 3. The minimum absolute atomic E-state index is 0.133. The summed E-state index contributed by atoms with van der Waals surface area (Å²) in [5.41, 5.74) is 0. The molecule has 130 valence electrons. The summed E-state index contributed by atoms with van der Waals surface area (Å²) in [6, 6.07) is 1.56. The van der Waals surface area contributed by atoms with Crippen molar-refractivity contribution in [3.05, 3.63) is 12.4 Å². The van der Waals surface area contributed by atoms with Crippen LogP contribution in [0.25, 0.3) is 0 Å². The van der Waals surface area contributed by atoms with Crippen LogP contribution < -0.4 is 9.64 Å². The topological polar surface area (TPSA) is 82.1 Å². The third-order valence-electron chi connectivity index (χ3n) is 4.66. The van der Waals surface area contributed by atoms with Crippen LogP contribution in [0.3, 0.4) is 0 Å². The van der Waals surface area contributed by atoms with E-state index in [4.69, 9.17) is 4.74 Å². The fourth-order valence-corrected chi connectivity index (χ4v) is 3.14. The molecule has 2 saturated heterocycles. The molecular weight excluding hydrogens is 312 g/mol. The average Bonchev–Trinajstić information content (AvgIpc) is 2.63. The van der Waals surface area contributed by atoms with Crippen LogP contribution in [0, 0.1) is 0 Å². The van der Waals surface area contributed by atoms with Gasteiger partial charge in [0.2, 0.25) is 11.8 Å². The van der Waals surface area contributed by atoms with Crippen molar-refractivity contribution in [2.75, 3.05) is 52.3 Å². The fraction of sp³-hybridized carbons (Fsp3) is 0.600. The second kappa shape index (κ2) is 6.60. The van der Waals surface area contributed by atoms with Gasteiger partial charge in [-0.2, -0.15) is 0 Å². The number of methoxy groups -OCH3 is 1. The molecule has 0 bridgehead atoms. The van der Waals surface area contributed by atoms with Crippen LogP contribution in [0.5, 0.6) is 5.88 Å². The van der Waals surface area contributed by atoms with Crippen molar-refractivity contribution >= 4 is 17.8 Å². The largest absolute Gasteiger partial charge is 0.481 e. The molecule has 0 aliphatic carbocycles. The number of nitrogens with zero attached hydrogens (tertiary/aromatic N) is 6. The van der Waals surface area contributed by atoms with Crippen LogP contribution in [0.2, 0.25) is 0 Å². The fourth-order valence-electron chi connectivity index (χ4n) is 3.14. The molecule has 1 aromatic heterocycles. The number of hydrogen-bond acceptors (Lipinski definition) is 7. The number of rotatable bonds is 3. The first-order valence-corrected chi connectivity index (χ1v) is 7.89. The first-order valence-electron chi connectivity index (χ1n) is 7.89. The van der Waals surface area contributed by atoms with E-state index in [9.17, 15) is 9.59 Å². The summed E-state index contributed by atoms with van der Waals surface area (Å²) in [6.45, 7) is 3.04. The standard InChI is InChI=1S/C15H22N6O3/c1-18-13(9-14(22)19(2)15(18)23)21-6-4-20(5-7-21)11-8-12(24-3)17-10-16-11/h8,10,13H,4-7,9H2,1-3H3. The summed E-state index contributed by atoms with van der Waals surface area (Å²) in [5.74, 6) is 1.23. The second-order valence-corrected chi connectivity index (χ2v) is 5.97. The van der Waals surface area contributed by atoms with E-state index in [0.717, 1.165) is 32.0 Å². The molecule has 2 fully saturated rings. The summed E-state index contributed by atoms with van der Waals surface area (Å²) in [5, 5.41) is 0. The molecule has 0 spiro atoms. The predicted octanol–water partition coefficient (Wildman–Crippen LogP) is -0.153. The first-order chi connectivity index (χ1) is 11.5. The maximum atomic E-state index is 12.1. The Balaban J connectivity index is 1.64. The van der Waals surface area contributed by atoms with Crippen LogP contribution in [0.4, 0.5) is 10.6 Å². The van der Waals surface area contributed by atoms with Crippen LogP contribution >= 0.6 is 0 Å². The molecule has 0 radical (unpaired) electrons. The normalized spacial score (nSPS) is 23.0. The Labute approximate surface area is 140 Å². The molecule has 3 amide bonds.